The summed E-state index contributed by atoms with van der Waals surface area (Å²) in [7, 11) is 1.96. The molecule has 1 amide bonds. The SMILES string of the molecule is Cn1cc(C(N)CC(N)=O)c2ccccc21. The molecule has 0 spiro atoms. The molecule has 1 unspecified atom stereocenters. The quantitative estimate of drug-likeness (QED) is 0.806. The number of benzene rings is 1. The molecule has 0 saturated heterocycles. The molecule has 4 nitrogen and oxygen atoms in total. The molecule has 0 aliphatic rings. The van der Waals surface area contributed by atoms with Crippen LogP contribution in [-0.4, -0.2) is 10.5 Å². The molecule has 16 heavy (non-hydrogen) atoms. The van der Waals surface area contributed by atoms with E-state index in [4.69, 9.17) is 11.5 Å². The van der Waals surface area contributed by atoms with Crippen molar-refractivity contribution >= 4 is 16.8 Å². The number of aryl methyl sites for hydroxylation is 1. The van der Waals surface area contributed by atoms with E-state index in [2.05, 4.69) is 0 Å². The highest BCUT2D eigenvalue weighted by atomic mass is 16.1. The zero-order valence-electron chi connectivity index (χ0n) is 9.18. The molecular weight excluding hydrogens is 202 g/mol. The van der Waals surface area contributed by atoms with Gasteiger partial charge in [-0.25, -0.2) is 0 Å². The summed E-state index contributed by atoms with van der Waals surface area (Å²) in [6, 6.07) is 7.64. The molecule has 2 rings (SSSR count). The topological polar surface area (TPSA) is 74.0 Å². The molecule has 0 fully saturated rings. The minimum atomic E-state index is -0.375. The highest BCUT2D eigenvalue weighted by Gasteiger charge is 2.14. The smallest absolute Gasteiger partial charge is 0.219 e. The summed E-state index contributed by atoms with van der Waals surface area (Å²) in [5, 5.41) is 1.08. The van der Waals surface area contributed by atoms with E-state index in [9.17, 15) is 4.79 Å². The van der Waals surface area contributed by atoms with Crippen LogP contribution in [0.15, 0.2) is 30.5 Å². The standard InChI is InChI=1S/C12H15N3O/c1-15-7-9(10(13)6-12(14)16)8-4-2-3-5-11(8)15/h2-5,7,10H,6,13H2,1H3,(H2,14,16). The van der Waals surface area contributed by atoms with Gasteiger partial charge in [-0.3, -0.25) is 4.79 Å². The molecule has 2 aromatic rings. The average molecular weight is 217 g/mol. The van der Waals surface area contributed by atoms with Crippen molar-refractivity contribution in [1.82, 2.24) is 4.57 Å². The van der Waals surface area contributed by atoms with Crippen molar-refractivity contribution in [1.29, 1.82) is 0 Å². The fraction of sp³-hybridized carbons (Fsp3) is 0.250. The number of aromatic nitrogens is 1. The van der Waals surface area contributed by atoms with E-state index in [1.807, 2.05) is 42.1 Å². The van der Waals surface area contributed by atoms with Gasteiger partial charge < -0.3 is 16.0 Å². The zero-order chi connectivity index (χ0) is 11.7. The van der Waals surface area contributed by atoms with E-state index in [0.717, 1.165) is 16.5 Å². The second kappa shape index (κ2) is 3.98. The van der Waals surface area contributed by atoms with E-state index < -0.39 is 0 Å². The zero-order valence-corrected chi connectivity index (χ0v) is 9.18. The van der Waals surface area contributed by atoms with Crippen molar-refractivity contribution in [2.24, 2.45) is 18.5 Å². The van der Waals surface area contributed by atoms with Gasteiger partial charge in [0.05, 0.1) is 0 Å². The maximum absolute atomic E-state index is 10.9. The molecule has 0 saturated carbocycles. The Morgan fingerprint density at radius 3 is 2.81 bits per heavy atom. The van der Waals surface area contributed by atoms with Crippen molar-refractivity contribution < 1.29 is 4.79 Å². The van der Waals surface area contributed by atoms with E-state index >= 15 is 0 Å². The number of nitrogens with two attached hydrogens (primary N) is 2. The number of hydrogen-bond donors (Lipinski definition) is 2. The van der Waals surface area contributed by atoms with E-state index in [-0.39, 0.29) is 18.4 Å². The lowest BCUT2D eigenvalue weighted by molar-refractivity contribution is -0.118. The third-order valence-electron chi connectivity index (χ3n) is 2.75. The molecule has 1 heterocycles. The van der Waals surface area contributed by atoms with Gasteiger partial charge in [0.25, 0.3) is 0 Å². The monoisotopic (exact) mass is 217 g/mol. The molecule has 1 aromatic heterocycles. The van der Waals surface area contributed by atoms with Gasteiger partial charge in [0.2, 0.25) is 5.91 Å². The minimum absolute atomic E-state index is 0.175. The van der Waals surface area contributed by atoms with Crippen LogP contribution in [0, 0.1) is 0 Å². The van der Waals surface area contributed by atoms with E-state index in [1.54, 1.807) is 0 Å². The largest absolute Gasteiger partial charge is 0.370 e. The van der Waals surface area contributed by atoms with Crippen molar-refractivity contribution in [3.8, 4) is 0 Å². The van der Waals surface area contributed by atoms with Gasteiger partial charge in [-0.1, -0.05) is 18.2 Å². The second-order valence-corrected chi connectivity index (χ2v) is 3.99. The summed E-state index contributed by atoms with van der Waals surface area (Å²) >= 11 is 0. The van der Waals surface area contributed by atoms with Crippen LogP contribution >= 0.6 is 0 Å². The van der Waals surface area contributed by atoms with Crippen LogP contribution < -0.4 is 11.5 Å². The Balaban J connectivity index is 2.48. The van der Waals surface area contributed by atoms with E-state index in [0.29, 0.717) is 0 Å². The molecule has 0 bridgehead atoms. The lowest BCUT2D eigenvalue weighted by Gasteiger charge is -2.07. The third kappa shape index (κ3) is 1.79. The molecule has 4 N–H and O–H groups in total. The fourth-order valence-electron chi connectivity index (χ4n) is 2.00. The molecule has 1 aromatic carbocycles. The lowest BCUT2D eigenvalue weighted by atomic mass is 10.0. The number of primary amides is 1. The number of carbonyl (C=O) groups is 1. The first-order chi connectivity index (χ1) is 7.59. The highest BCUT2D eigenvalue weighted by Crippen LogP contribution is 2.25. The summed E-state index contributed by atoms with van der Waals surface area (Å²) in [6.07, 6.45) is 2.13. The Labute approximate surface area is 93.8 Å². The van der Waals surface area contributed by atoms with Crippen molar-refractivity contribution in [3.05, 3.63) is 36.0 Å². The van der Waals surface area contributed by atoms with Gasteiger partial charge in [0.1, 0.15) is 0 Å². The predicted octanol–water partition coefficient (Wildman–Crippen LogP) is 1.05. The predicted molar refractivity (Wildman–Crippen MR) is 63.7 cm³/mol. The number of carbonyl (C=O) groups excluding carboxylic acids is 1. The Morgan fingerprint density at radius 2 is 2.12 bits per heavy atom. The van der Waals surface area contributed by atoms with Crippen LogP contribution in [0.2, 0.25) is 0 Å². The van der Waals surface area contributed by atoms with Crippen molar-refractivity contribution in [2.75, 3.05) is 0 Å². The van der Waals surface area contributed by atoms with Crippen LogP contribution in [0.4, 0.5) is 0 Å². The van der Waals surface area contributed by atoms with Crippen LogP contribution in [-0.2, 0) is 11.8 Å². The van der Waals surface area contributed by atoms with Crippen LogP contribution in [0.1, 0.15) is 18.0 Å². The first-order valence-corrected chi connectivity index (χ1v) is 5.17. The number of amides is 1. The molecule has 4 heteroatoms. The second-order valence-electron chi connectivity index (χ2n) is 3.99. The number of nitrogens with zero attached hydrogens (tertiary/aromatic N) is 1. The molecule has 0 aliphatic heterocycles. The Bertz CT molecular complexity index is 530. The average Bonchev–Trinajstić information content (AvgIpc) is 2.56. The molecule has 1 atom stereocenters. The van der Waals surface area contributed by atoms with Gasteiger partial charge >= 0.3 is 0 Å². The first-order valence-electron chi connectivity index (χ1n) is 5.17. The Hall–Kier alpha value is -1.81. The molecule has 0 aliphatic carbocycles. The van der Waals surface area contributed by atoms with Gasteiger partial charge in [-0.15, -0.1) is 0 Å². The Kier molecular flexibility index (Phi) is 2.66. The van der Waals surface area contributed by atoms with Crippen LogP contribution in [0.25, 0.3) is 10.9 Å². The molecule has 84 valence electrons. The van der Waals surface area contributed by atoms with Gasteiger partial charge in [-0.2, -0.15) is 0 Å². The first kappa shape index (κ1) is 10.7. The maximum Gasteiger partial charge on any atom is 0.219 e. The third-order valence-corrected chi connectivity index (χ3v) is 2.75. The minimum Gasteiger partial charge on any atom is -0.370 e. The van der Waals surface area contributed by atoms with Gasteiger partial charge in [0.15, 0.2) is 0 Å². The highest BCUT2D eigenvalue weighted by molar-refractivity contribution is 5.85. The summed E-state index contributed by atoms with van der Waals surface area (Å²) in [6.45, 7) is 0. The number of rotatable bonds is 3. The molecular formula is C12H15N3O. The number of hydrogen-bond acceptors (Lipinski definition) is 2. The summed E-state index contributed by atoms with van der Waals surface area (Å²) < 4.78 is 2.01. The van der Waals surface area contributed by atoms with E-state index in [1.165, 1.54) is 0 Å². The summed E-state index contributed by atoms with van der Waals surface area (Å²) in [5.74, 6) is -0.375. The Morgan fingerprint density at radius 1 is 1.44 bits per heavy atom. The van der Waals surface area contributed by atoms with Gasteiger partial charge in [0, 0.05) is 36.6 Å². The fourth-order valence-corrected chi connectivity index (χ4v) is 2.00. The molecule has 0 radical (unpaired) electrons. The lowest BCUT2D eigenvalue weighted by Crippen LogP contribution is -2.20. The maximum atomic E-state index is 10.9. The van der Waals surface area contributed by atoms with Crippen LogP contribution in [0.5, 0.6) is 0 Å². The van der Waals surface area contributed by atoms with Crippen molar-refractivity contribution in [3.63, 3.8) is 0 Å². The number of fused-ring (bicyclic) bond motifs is 1. The summed E-state index contributed by atoms with van der Waals surface area (Å²) in [5.41, 5.74) is 13.2. The van der Waals surface area contributed by atoms with Crippen molar-refractivity contribution in [2.45, 2.75) is 12.5 Å². The van der Waals surface area contributed by atoms with Gasteiger partial charge in [-0.05, 0) is 11.6 Å². The number of para-hydroxylation sites is 1. The van der Waals surface area contributed by atoms with Crippen LogP contribution in [0.3, 0.4) is 0 Å². The normalized spacial score (nSPS) is 12.9. The summed E-state index contributed by atoms with van der Waals surface area (Å²) in [4.78, 5) is 10.9.